The van der Waals surface area contributed by atoms with Gasteiger partial charge in [-0.15, -0.1) is 0 Å². The second kappa shape index (κ2) is 4.58. The third-order valence-corrected chi connectivity index (χ3v) is 4.37. The van der Waals surface area contributed by atoms with Crippen LogP contribution in [0.4, 0.5) is 5.69 Å². The highest BCUT2D eigenvalue weighted by Crippen LogP contribution is 2.38. The van der Waals surface area contributed by atoms with E-state index in [0.29, 0.717) is 0 Å². The highest BCUT2D eigenvalue weighted by atomic mass is 15.1. The van der Waals surface area contributed by atoms with Crippen LogP contribution >= 0.6 is 0 Å². The lowest BCUT2D eigenvalue weighted by Crippen LogP contribution is -2.32. The van der Waals surface area contributed by atoms with Crippen molar-refractivity contribution in [2.24, 2.45) is 5.73 Å². The molecule has 2 N–H and O–H groups in total. The van der Waals surface area contributed by atoms with Crippen molar-refractivity contribution in [1.29, 1.82) is 0 Å². The van der Waals surface area contributed by atoms with E-state index in [-0.39, 0.29) is 5.54 Å². The monoisotopic (exact) mass is 244 g/mol. The van der Waals surface area contributed by atoms with E-state index in [2.05, 4.69) is 30.0 Å². The average molecular weight is 244 g/mol. The molecular formula is C16H24N2. The molecule has 1 aromatic carbocycles. The van der Waals surface area contributed by atoms with Crippen molar-refractivity contribution < 1.29 is 0 Å². The normalized spacial score (nSPS) is 22.0. The van der Waals surface area contributed by atoms with Gasteiger partial charge in [0, 0.05) is 24.3 Å². The van der Waals surface area contributed by atoms with Crippen molar-refractivity contribution in [3.8, 4) is 0 Å². The fraction of sp³-hybridized carbons (Fsp3) is 0.625. The molecule has 3 rings (SSSR count). The quantitative estimate of drug-likeness (QED) is 0.885. The van der Waals surface area contributed by atoms with Gasteiger partial charge >= 0.3 is 0 Å². The molecule has 0 amide bonds. The van der Waals surface area contributed by atoms with Gasteiger partial charge in [0.05, 0.1) is 0 Å². The van der Waals surface area contributed by atoms with Crippen molar-refractivity contribution in [2.75, 3.05) is 18.0 Å². The molecule has 2 heteroatoms. The van der Waals surface area contributed by atoms with Gasteiger partial charge in [-0.25, -0.2) is 0 Å². The summed E-state index contributed by atoms with van der Waals surface area (Å²) in [5.74, 6) is 0. The molecule has 0 bridgehead atoms. The van der Waals surface area contributed by atoms with Gasteiger partial charge in [0.2, 0.25) is 0 Å². The number of nitrogens with two attached hydrogens (primary N) is 1. The predicted octanol–water partition coefficient (Wildman–Crippen LogP) is 3.02. The lowest BCUT2D eigenvalue weighted by Gasteiger charge is -2.31. The Morgan fingerprint density at radius 1 is 1.17 bits per heavy atom. The molecule has 1 aromatic rings. The Bertz CT molecular complexity index is 429. The summed E-state index contributed by atoms with van der Waals surface area (Å²) >= 11 is 0. The third kappa shape index (κ3) is 2.54. The minimum Gasteiger partial charge on any atom is -0.371 e. The van der Waals surface area contributed by atoms with Crippen molar-refractivity contribution in [3.05, 3.63) is 29.3 Å². The second-order valence-corrected chi connectivity index (χ2v) is 6.22. The largest absolute Gasteiger partial charge is 0.371 e. The Kier molecular flexibility index (Phi) is 3.06. The topological polar surface area (TPSA) is 29.3 Å². The summed E-state index contributed by atoms with van der Waals surface area (Å²) in [4.78, 5) is 2.56. The zero-order chi connectivity index (χ0) is 12.6. The molecule has 1 saturated carbocycles. The zero-order valence-corrected chi connectivity index (χ0v) is 11.4. The van der Waals surface area contributed by atoms with Crippen molar-refractivity contribution in [1.82, 2.24) is 0 Å². The van der Waals surface area contributed by atoms with Crippen LogP contribution in [0.25, 0.3) is 0 Å². The number of piperidine rings is 1. The smallest absolute Gasteiger partial charge is 0.0399 e. The molecule has 0 spiro atoms. The van der Waals surface area contributed by atoms with E-state index in [1.54, 1.807) is 0 Å². The Morgan fingerprint density at radius 3 is 2.56 bits per heavy atom. The minimum absolute atomic E-state index is 0.109. The molecule has 0 unspecified atom stereocenters. The molecule has 0 aromatic heterocycles. The molecule has 0 atom stereocenters. The highest BCUT2D eigenvalue weighted by molar-refractivity contribution is 5.56. The minimum atomic E-state index is 0.109. The number of aryl methyl sites for hydroxylation is 1. The van der Waals surface area contributed by atoms with E-state index < -0.39 is 0 Å². The maximum atomic E-state index is 6.31. The summed E-state index contributed by atoms with van der Waals surface area (Å²) in [6.07, 6.45) is 7.50. The lowest BCUT2D eigenvalue weighted by atomic mass is 9.99. The summed E-state index contributed by atoms with van der Waals surface area (Å²) < 4.78 is 0. The molecule has 2 nitrogen and oxygen atoms in total. The SMILES string of the molecule is Cc1ccc(N2CCCCC2)c(CC2(N)CC2)c1. The van der Waals surface area contributed by atoms with E-state index in [1.165, 1.54) is 62.0 Å². The molecule has 98 valence electrons. The Hall–Kier alpha value is -1.02. The second-order valence-electron chi connectivity index (χ2n) is 6.22. The fourth-order valence-corrected chi connectivity index (χ4v) is 3.02. The van der Waals surface area contributed by atoms with E-state index in [4.69, 9.17) is 5.73 Å². The van der Waals surface area contributed by atoms with Gasteiger partial charge in [-0.2, -0.15) is 0 Å². The van der Waals surface area contributed by atoms with Crippen LogP contribution in [0.3, 0.4) is 0 Å². The van der Waals surface area contributed by atoms with E-state index in [0.717, 1.165) is 6.42 Å². The summed E-state index contributed by atoms with van der Waals surface area (Å²) in [6.45, 7) is 4.61. The number of anilines is 1. The highest BCUT2D eigenvalue weighted by Gasteiger charge is 2.38. The number of nitrogens with zero attached hydrogens (tertiary/aromatic N) is 1. The predicted molar refractivity (Wildman–Crippen MR) is 77.1 cm³/mol. The van der Waals surface area contributed by atoms with Gasteiger partial charge < -0.3 is 10.6 Å². The first-order valence-corrected chi connectivity index (χ1v) is 7.30. The zero-order valence-electron chi connectivity index (χ0n) is 11.4. The molecule has 2 fully saturated rings. The van der Waals surface area contributed by atoms with Gasteiger partial charge in [-0.3, -0.25) is 0 Å². The molecule has 18 heavy (non-hydrogen) atoms. The molecule has 1 heterocycles. The van der Waals surface area contributed by atoms with Gasteiger partial charge in [-0.05, 0) is 57.1 Å². The number of hydrogen-bond donors (Lipinski definition) is 1. The molecular weight excluding hydrogens is 220 g/mol. The Morgan fingerprint density at radius 2 is 1.89 bits per heavy atom. The van der Waals surface area contributed by atoms with Gasteiger partial charge in [0.15, 0.2) is 0 Å². The third-order valence-electron chi connectivity index (χ3n) is 4.37. The summed E-state index contributed by atoms with van der Waals surface area (Å²) in [6, 6.07) is 6.89. The number of rotatable bonds is 3. The van der Waals surface area contributed by atoms with E-state index in [1.807, 2.05) is 0 Å². The van der Waals surface area contributed by atoms with Gasteiger partial charge in [0.25, 0.3) is 0 Å². The van der Waals surface area contributed by atoms with Crippen LogP contribution in [-0.2, 0) is 6.42 Å². The molecule has 1 aliphatic heterocycles. The summed E-state index contributed by atoms with van der Waals surface area (Å²) in [7, 11) is 0. The van der Waals surface area contributed by atoms with Crippen LogP contribution < -0.4 is 10.6 Å². The summed E-state index contributed by atoms with van der Waals surface area (Å²) in [5.41, 5.74) is 10.7. The maximum absolute atomic E-state index is 6.31. The summed E-state index contributed by atoms with van der Waals surface area (Å²) in [5, 5.41) is 0. The van der Waals surface area contributed by atoms with Crippen LogP contribution in [0, 0.1) is 6.92 Å². The van der Waals surface area contributed by atoms with Crippen LogP contribution in [0.2, 0.25) is 0 Å². The van der Waals surface area contributed by atoms with Gasteiger partial charge in [0.1, 0.15) is 0 Å². The first-order valence-electron chi connectivity index (χ1n) is 7.30. The fourth-order valence-electron chi connectivity index (χ4n) is 3.02. The standard InChI is InChI=1S/C16H24N2/c1-13-5-6-15(18-9-3-2-4-10-18)14(11-13)12-16(17)7-8-16/h5-6,11H,2-4,7-10,12,17H2,1H3. The molecule has 1 aliphatic carbocycles. The van der Waals surface area contributed by atoms with Crippen molar-refractivity contribution >= 4 is 5.69 Å². The van der Waals surface area contributed by atoms with E-state index >= 15 is 0 Å². The molecule has 1 saturated heterocycles. The van der Waals surface area contributed by atoms with Crippen LogP contribution in [0.1, 0.15) is 43.2 Å². The maximum Gasteiger partial charge on any atom is 0.0399 e. The Labute approximate surface area is 110 Å². The van der Waals surface area contributed by atoms with Gasteiger partial charge in [-0.1, -0.05) is 17.7 Å². The molecule has 0 radical (unpaired) electrons. The average Bonchev–Trinajstić information content (AvgIpc) is 3.08. The number of hydrogen-bond acceptors (Lipinski definition) is 2. The van der Waals surface area contributed by atoms with Crippen molar-refractivity contribution in [3.63, 3.8) is 0 Å². The molecule has 2 aliphatic rings. The lowest BCUT2D eigenvalue weighted by molar-refractivity contribution is 0.573. The Balaban J connectivity index is 1.86. The first-order chi connectivity index (χ1) is 8.66. The van der Waals surface area contributed by atoms with Crippen LogP contribution in [-0.4, -0.2) is 18.6 Å². The first kappa shape index (κ1) is 12.0. The van der Waals surface area contributed by atoms with E-state index in [9.17, 15) is 0 Å². The van der Waals surface area contributed by atoms with Crippen LogP contribution in [0.5, 0.6) is 0 Å². The van der Waals surface area contributed by atoms with Crippen LogP contribution in [0.15, 0.2) is 18.2 Å². The number of benzene rings is 1. The van der Waals surface area contributed by atoms with Crippen molar-refractivity contribution in [2.45, 2.75) is 51.0 Å².